The van der Waals surface area contributed by atoms with Gasteiger partial charge in [0.1, 0.15) is 5.71 Å². The van der Waals surface area contributed by atoms with Gasteiger partial charge in [-0.1, -0.05) is 29.4 Å². The number of quaternary nitrogens is 1. The van der Waals surface area contributed by atoms with Gasteiger partial charge in [0, 0.05) is 6.07 Å². The molecule has 2 aromatic rings. The second-order valence-electron chi connectivity index (χ2n) is 6.40. The minimum Gasteiger partial charge on any atom is -0.493 e. The minimum atomic E-state index is -0.533. The Balaban J connectivity index is 1.84. The van der Waals surface area contributed by atoms with Gasteiger partial charge in [-0.2, -0.15) is 4.59 Å². The zero-order valence-corrected chi connectivity index (χ0v) is 15.1. The van der Waals surface area contributed by atoms with Crippen molar-refractivity contribution in [2.75, 3.05) is 27.8 Å². The number of benzene rings is 2. The molecular formula is C20H22N3O3+. The van der Waals surface area contributed by atoms with Crippen molar-refractivity contribution in [2.45, 2.75) is 0 Å². The van der Waals surface area contributed by atoms with E-state index in [0.717, 1.165) is 16.8 Å². The second-order valence-corrected chi connectivity index (χ2v) is 6.40. The van der Waals surface area contributed by atoms with E-state index in [4.69, 9.17) is 20.3 Å². The van der Waals surface area contributed by atoms with Crippen molar-refractivity contribution in [1.82, 2.24) is 4.59 Å². The van der Waals surface area contributed by atoms with Crippen LogP contribution in [0, 0.1) is 0 Å². The number of nitrogens with two attached hydrogens (primary N) is 1. The summed E-state index contributed by atoms with van der Waals surface area (Å²) in [4.78, 5) is 10.9. The van der Waals surface area contributed by atoms with Crippen LogP contribution in [0.15, 0.2) is 53.6 Å². The van der Waals surface area contributed by atoms with Gasteiger partial charge < -0.3 is 15.2 Å². The lowest BCUT2D eigenvalue weighted by atomic mass is 10.1. The average molecular weight is 352 g/mol. The van der Waals surface area contributed by atoms with Crippen molar-refractivity contribution in [3.63, 3.8) is 0 Å². The third-order valence-electron chi connectivity index (χ3n) is 4.12. The average Bonchev–Trinajstić information content (AvgIpc) is 2.89. The predicted molar refractivity (Wildman–Crippen MR) is 103 cm³/mol. The highest BCUT2D eigenvalue weighted by Crippen LogP contribution is 2.32. The number of fused-ring (bicyclic) bond motifs is 1. The highest BCUT2D eigenvalue weighted by atomic mass is 16.5. The van der Waals surface area contributed by atoms with Crippen LogP contribution >= 0.6 is 0 Å². The third kappa shape index (κ3) is 3.60. The van der Waals surface area contributed by atoms with Gasteiger partial charge in [-0.15, -0.1) is 0 Å². The van der Waals surface area contributed by atoms with Gasteiger partial charge in [-0.05, 0) is 29.8 Å². The Morgan fingerprint density at radius 3 is 2.65 bits per heavy atom. The molecule has 1 aliphatic heterocycles. The van der Waals surface area contributed by atoms with E-state index in [1.165, 1.54) is 5.69 Å². The van der Waals surface area contributed by atoms with Gasteiger partial charge in [0.15, 0.2) is 23.8 Å². The quantitative estimate of drug-likeness (QED) is 0.812. The molecule has 134 valence electrons. The number of primary amides is 1. The van der Waals surface area contributed by atoms with Crippen LogP contribution in [0.1, 0.15) is 11.1 Å². The molecule has 1 amide bonds. The predicted octanol–water partition coefficient (Wildman–Crippen LogP) is 2.56. The lowest BCUT2D eigenvalue weighted by Gasteiger charge is -2.17. The highest BCUT2D eigenvalue weighted by molar-refractivity contribution is 6.15. The molecule has 1 aliphatic rings. The van der Waals surface area contributed by atoms with Crippen LogP contribution in [-0.2, 0) is 4.79 Å². The van der Waals surface area contributed by atoms with E-state index in [2.05, 4.69) is 12.1 Å². The largest absolute Gasteiger partial charge is 0.493 e. The summed E-state index contributed by atoms with van der Waals surface area (Å²) in [5.41, 5.74) is 9.27. The fraction of sp³-hybridized carbons (Fsp3) is 0.200. The number of allylic oxidation sites excluding steroid dienone is 1. The first-order chi connectivity index (χ1) is 12.4. The van der Waals surface area contributed by atoms with Crippen LogP contribution in [0.3, 0.4) is 0 Å². The summed E-state index contributed by atoms with van der Waals surface area (Å²) in [5, 5.41) is 4.77. The molecule has 0 saturated heterocycles. The summed E-state index contributed by atoms with van der Waals surface area (Å²) in [6.45, 7) is -0.188. The molecule has 0 radical (unpaired) electrons. The summed E-state index contributed by atoms with van der Waals surface area (Å²) >= 11 is 0. The Morgan fingerprint density at radius 2 is 1.92 bits per heavy atom. The van der Waals surface area contributed by atoms with Crippen molar-refractivity contribution in [1.29, 1.82) is 0 Å². The molecule has 26 heavy (non-hydrogen) atoms. The fourth-order valence-electron chi connectivity index (χ4n) is 2.90. The van der Waals surface area contributed by atoms with Crippen LogP contribution in [-0.4, -0.2) is 39.4 Å². The Bertz CT molecular complexity index is 901. The first kappa shape index (κ1) is 17.7. The third-order valence-corrected chi connectivity index (χ3v) is 4.12. The van der Waals surface area contributed by atoms with Crippen molar-refractivity contribution in [3.05, 3.63) is 59.7 Å². The van der Waals surface area contributed by atoms with Gasteiger partial charge in [0.2, 0.25) is 0 Å². The minimum absolute atomic E-state index is 0.188. The number of nitrogens with zero attached hydrogens (tertiary/aromatic N) is 2. The first-order valence-corrected chi connectivity index (χ1v) is 8.22. The molecule has 1 heterocycles. The summed E-state index contributed by atoms with van der Waals surface area (Å²) in [7, 11) is 5.65. The molecule has 0 fully saturated rings. The lowest BCUT2D eigenvalue weighted by molar-refractivity contribution is -0.119. The highest BCUT2D eigenvalue weighted by Gasteiger charge is 2.31. The smallest absolute Gasteiger partial charge is 0.255 e. The molecular weight excluding hydrogens is 330 g/mol. The number of amides is 1. The standard InChI is InChI=1S/C20H21N3O3/c1-23(2)17-7-5-4-6-15(17)16(22-23)10-8-14-9-11-18(19(12-14)25-3)26-13-20(21)24/h4-12H,13H2,1-3H3,(H-,21,24)/p+1/b10-8+. The Kier molecular flexibility index (Phi) is 4.77. The van der Waals surface area contributed by atoms with E-state index >= 15 is 0 Å². The molecule has 6 nitrogen and oxygen atoms in total. The van der Waals surface area contributed by atoms with E-state index in [-0.39, 0.29) is 6.61 Å². The zero-order chi connectivity index (χ0) is 18.7. The molecule has 0 atom stereocenters. The van der Waals surface area contributed by atoms with Gasteiger partial charge in [-0.3, -0.25) is 4.79 Å². The van der Waals surface area contributed by atoms with Crippen molar-refractivity contribution < 1.29 is 14.3 Å². The number of carbonyl (C=O) groups is 1. The molecule has 2 aromatic carbocycles. The van der Waals surface area contributed by atoms with Gasteiger partial charge in [0.25, 0.3) is 5.91 Å². The number of hydrogen-bond donors (Lipinski definition) is 1. The molecule has 0 saturated carbocycles. The van der Waals surface area contributed by atoms with Crippen LogP contribution < -0.4 is 19.8 Å². The van der Waals surface area contributed by atoms with Crippen molar-refractivity contribution in [2.24, 2.45) is 10.8 Å². The maximum Gasteiger partial charge on any atom is 0.255 e. The molecule has 0 aliphatic carbocycles. The summed E-state index contributed by atoms with van der Waals surface area (Å²) in [6, 6.07) is 13.7. The van der Waals surface area contributed by atoms with Crippen LogP contribution in [0.2, 0.25) is 0 Å². The molecule has 6 heteroatoms. The Hall–Kier alpha value is -3.12. The van der Waals surface area contributed by atoms with Gasteiger partial charge in [0.05, 0.1) is 26.8 Å². The zero-order valence-electron chi connectivity index (χ0n) is 15.1. The maximum atomic E-state index is 10.9. The van der Waals surface area contributed by atoms with Gasteiger partial charge in [-0.25, -0.2) is 0 Å². The van der Waals surface area contributed by atoms with Crippen LogP contribution in [0.5, 0.6) is 11.5 Å². The number of ether oxygens (including phenoxy) is 2. The molecule has 3 rings (SSSR count). The van der Waals surface area contributed by atoms with E-state index < -0.39 is 5.91 Å². The van der Waals surface area contributed by atoms with E-state index in [9.17, 15) is 4.79 Å². The Morgan fingerprint density at radius 1 is 1.15 bits per heavy atom. The van der Waals surface area contributed by atoms with Crippen LogP contribution in [0.25, 0.3) is 6.08 Å². The molecule has 2 N–H and O–H groups in total. The molecule has 0 aromatic heterocycles. The normalized spacial score (nSPS) is 14.8. The number of para-hydroxylation sites is 1. The van der Waals surface area contributed by atoms with E-state index in [1.54, 1.807) is 13.2 Å². The molecule has 0 bridgehead atoms. The summed E-state index contributed by atoms with van der Waals surface area (Å²) in [6.07, 6.45) is 3.96. The van der Waals surface area contributed by atoms with E-state index in [1.807, 2.05) is 50.5 Å². The van der Waals surface area contributed by atoms with Crippen molar-refractivity contribution in [3.8, 4) is 11.5 Å². The summed E-state index contributed by atoms with van der Waals surface area (Å²) < 4.78 is 11.2. The molecule has 0 spiro atoms. The topological polar surface area (TPSA) is 73.9 Å². The Labute approximate surface area is 152 Å². The SMILES string of the molecule is COc1cc(/C=C/C2=N[N+](C)(C)c3ccccc32)ccc1OCC(N)=O. The number of carbonyl (C=O) groups excluding carboxylic acids is 1. The number of hydrogen-bond acceptors (Lipinski definition) is 4. The lowest BCUT2D eigenvalue weighted by Crippen LogP contribution is -2.31. The van der Waals surface area contributed by atoms with Crippen molar-refractivity contribution >= 4 is 23.4 Å². The second kappa shape index (κ2) is 7.01. The van der Waals surface area contributed by atoms with Gasteiger partial charge >= 0.3 is 0 Å². The number of rotatable bonds is 6. The monoisotopic (exact) mass is 352 g/mol. The summed E-state index contributed by atoms with van der Waals surface area (Å²) in [5.74, 6) is 0.484. The van der Waals surface area contributed by atoms with Crippen LogP contribution in [0.4, 0.5) is 5.69 Å². The maximum absolute atomic E-state index is 10.9. The van der Waals surface area contributed by atoms with E-state index in [0.29, 0.717) is 16.1 Å². The fourth-order valence-corrected chi connectivity index (χ4v) is 2.90. The molecule has 0 unspecified atom stereocenters. The first-order valence-electron chi connectivity index (χ1n) is 8.22. The number of methoxy groups -OCH3 is 1.